The van der Waals surface area contributed by atoms with Gasteiger partial charge >= 0.3 is 0 Å². The average molecular weight is 294 g/mol. The van der Waals surface area contributed by atoms with Crippen molar-refractivity contribution >= 4 is 5.78 Å². The lowest BCUT2D eigenvalue weighted by Crippen LogP contribution is -2.26. The van der Waals surface area contributed by atoms with Gasteiger partial charge in [0.15, 0.2) is 17.3 Å². The molecule has 0 radical (unpaired) electrons. The summed E-state index contributed by atoms with van der Waals surface area (Å²) in [4.78, 5) is 12.1. The number of hydrogen-bond donors (Lipinski definition) is 0. The molecule has 116 valence electrons. The molecule has 1 atom stereocenters. The van der Waals surface area contributed by atoms with Crippen molar-refractivity contribution in [2.75, 3.05) is 27.4 Å². The van der Waals surface area contributed by atoms with Crippen LogP contribution < -0.4 is 14.2 Å². The number of methoxy groups -OCH3 is 2. The summed E-state index contributed by atoms with van der Waals surface area (Å²) in [5.74, 6) is 1.82. The number of benzene rings is 1. The molecule has 0 fully saturated rings. The Morgan fingerprint density at radius 1 is 1.24 bits per heavy atom. The molecule has 1 aliphatic heterocycles. The summed E-state index contributed by atoms with van der Waals surface area (Å²) in [5.41, 5.74) is 0.570. The summed E-state index contributed by atoms with van der Waals surface area (Å²) >= 11 is 0. The van der Waals surface area contributed by atoms with Gasteiger partial charge in [-0.3, -0.25) is 4.79 Å². The molecule has 0 bridgehead atoms. The minimum atomic E-state index is -0.0558. The monoisotopic (exact) mass is 294 g/mol. The van der Waals surface area contributed by atoms with Crippen molar-refractivity contribution < 1.29 is 23.7 Å². The van der Waals surface area contributed by atoms with Crippen LogP contribution in [0.25, 0.3) is 0 Å². The van der Waals surface area contributed by atoms with Gasteiger partial charge in [-0.25, -0.2) is 0 Å². The van der Waals surface area contributed by atoms with Gasteiger partial charge in [-0.15, -0.1) is 0 Å². The molecular weight excluding hydrogens is 272 g/mol. The van der Waals surface area contributed by atoms with Gasteiger partial charge in [0.05, 0.1) is 19.3 Å². The Bertz CT molecular complexity index is 498. The molecule has 1 aromatic rings. The van der Waals surface area contributed by atoms with Crippen molar-refractivity contribution in [1.29, 1.82) is 0 Å². The highest BCUT2D eigenvalue weighted by Crippen LogP contribution is 2.38. The first-order chi connectivity index (χ1) is 10.2. The average Bonchev–Trinajstić information content (AvgIpc) is 2.50. The topological polar surface area (TPSA) is 54.0 Å². The standard InChI is InChI=1S/C16H22O5/c1-4-11-8-13(17)12-9-15(19-3)16(10-14(12)21-11)20-7-5-6-18-2/h9-11H,4-8H2,1-3H3. The molecule has 0 saturated carbocycles. The number of rotatable bonds is 7. The number of ether oxygens (including phenoxy) is 4. The normalized spacial score (nSPS) is 17.1. The molecule has 0 N–H and O–H groups in total. The van der Waals surface area contributed by atoms with Crippen LogP contribution in [0.5, 0.6) is 17.2 Å². The Hall–Kier alpha value is -1.75. The lowest BCUT2D eigenvalue weighted by atomic mass is 9.99. The van der Waals surface area contributed by atoms with E-state index in [1.54, 1.807) is 26.4 Å². The molecular formula is C16H22O5. The Labute approximate surface area is 125 Å². The third-order valence-electron chi connectivity index (χ3n) is 3.48. The summed E-state index contributed by atoms with van der Waals surface area (Å²) in [7, 11) is 3.22. The van der Waals surface area contributed by atoms with E-state index in [1.807, 2.05) is 6.92 Å². The lowest BCUT2D eigenvalue weighted by molar-refractivity contribution is 0.0843. The highest BCUT2D eigenvalue weighted by molar-refractivity contribution is 6.00. The van der Waals surface area contributed by atoms with Crippen LogP contribution in [0.1, 0.15) is 36.5 Å². The molecule has 1 unspecified atom stereocenters. The van der Waals surface area contributed by atoms with E-state index in [2.05, 4.69) is 0 Å². The third-order valence-corrected chi connectivity index (χ3v) is 3.48. The van der Waals surface area contributed by atoms with Gasteiger partial charge in [0.2, 0.25) is 0 Å². The fourth-order valence-corrected chi connectivity index (χ4v) is 2.28. The first kappa shape index (κ1) is 15.6. The fraction of sp³-hybridized carbons (Fsp3) is 0.562. The van der Waals surface area contributed by atoms with Crippen LogP contribution in [-0.4, -0.2) is 39.3 Å². The van der Waals surface area contributed by atoms with Crippen molar-refractivity contribution in [3.63, 3.8) is 0 Å². The zero-order valence-corrected chi connectivity index (χ0v) is 12.8. The summed E-state index contributed by atoms with van der Waals surface area (Å²) in [5, 5.41) is 0. The lowest BCUT2D eigenvalue weighted by Gasteiger charge is -2.25. The van der Waals surface area contributed by atoms with Gasteiger partial charge in [-0.1, -0.05) is 6.92 Å². The Kier molecular flexibility index (Phi) is 5.44. The second kappa shape index (κ2) is 7.31. The molecule has 0 aromatic heterocycles. The van der Waals surface area contributed by atoms with Crippen LogP contribution >= 0.6 is 0 Å². The largest absolute Gasteiger partial charge is 0.493 e. The second-order valence-corrected chi connectivity index (χ2v) is 4.97. The molecule has 5 heteroatoms. The van der Waals surface area contributed by atoms with Gasteiger partial charge in [-0.05, 0) is 12.5 Å². The van der Waals surface area contributed by atoms with E-state index in [9.17, 15) is 4.79 Å². The van der Waals surface area contributed by atoms with E-state index in [4.69, 9.17) is 18.9 Å². The number of Topliss-reactive ketones (excluding diaryl/α,β-unsaturated/α-hetero) is 1. The molecule has 5 nitrogen and oxygen atoms in total. The van der Waals surface area contributed by atoms with E-state index in [0.717, 1.165) is 12.8 Å². The first-order valence-corrected chi connectivity index (χ1v) is 7.23. The van der Waals surface area contributed by atoms with E-state index in [-0.39, 0.29) is 11.9 Å². The Morgan fingerprint density at radius 3 is 2.71 bits per heavy atom. The number of ketones is 1. The van der Waals surface area contributed by atoms with Crippen LogP contribution in [0.4, 0.5) is 0 Å². The predicted molar refractivity (Wildman–Crippen MR) is 78.6 cm³/mol. The molecule has 0 aliphatic carbocycles. The summed E-state index contributed by atoms with van der Waals surface area (Å²) in [6.07, 6.45) is 1.95. The second-order valence-electron chi connectivity index (χ2n) is 4.97. The van der Waals surface area contributed by atoms with Crippen LogP contribution in [0, 0.1) is 0 Å². The van der Waals surface area contributed by atoms with Gasteiger partial charge < -0.3 is 18.9 Å². The number of carbonyl (C=O) groups excluding carboxylic acids is 1. The highest BCUT2D eigenvalue weighted by atomic mass is 16.5. The van der Waals surface area contributed by atoms with Gasteiger partial charge in [0, 0.05) is 32.6 Å². The minimum Gasteiger partial charge on any atom is -0.493 e. The Morgan fingerprint density at radius 2 is 2.05 bits per heavy atom. The minimum absolute atomic E-state index is 0.0558. The maximum absolute atomic E-state index is 12.1. The Balaban J connectivity index is 2.19. The number of hydrogen-bond acceptors (Lipinski definition) is 5. The van der Waals surface area contributed by atoms with E-state index in [0.29, 0.717) is 42.4 Å². The van der Waals surface area contributed by atoms with Crippen molar-refractivity contribution in [3.05, 3.63) is 17.7 Å². The van der Waals surface area contributed by atoms with Gasteiger partial charge in [0.1, 0.15) is 11.9 Å². The summed E-state index contributed by atoms with van der Waals surface area (Å²) < 4.78 is 21.8. The molecule has 21 heavy (non-hydrogen) atoms. The van der Waals surface area contributed by atoms with Crippen molar-refractivity contribution in [2.45, 2.75) is 32.3 Å². The van der Waals surface area contributed by atoms with E-state index >= 15 is 0 Å². The fourth-order valence-electron chi connectivity index (χ4n) is 2.28. The van der Waals surface area contributed by atoms with Gasteiger partial charge in [-0.2, -0.15) is 0 Å². The summed E-state index contributed by atoms with van der Waals surface area (Å²) in [6.45, 7) is 3.17. The molecule has 1 heterocycles. The molecule has 1 aromatic carbocycles. The van der Waals surface area contributed by atoms with E-state index < -0.39 is 0 Å². The highest BCUT2D eigenvalue weighted by Gasteiger charge is 2.27. The molecule has 0 saturated heterocycles. The maximum atomic E-state index is 12.1. The first-order valence-electron chi connectivity index (χ1n) is 7.23. The number of carbonyl (C=O) groups is 1. The molecule has 0 amide bonds. The van der Waals surface area contributed by atoms with Gasteiger partial charge in [0.25, 0.3) is 0 Å². The van der Waals surface area contributed by atoms with Crippen LogP contribution in [0.2, 0.25) is 0 Å². The molecule has 2 rings (SSSR count). The molecule has 1 aliphatic rings. The molecule has 0 spiro atoms. The number of fused-ring (bicyclic) bond motifs is 1. The smallest absolute Gasteiger partial charge is 0.170 e. The van der Waals surface area contributed by atoms with Crippen molar-refractivity contribution in [3.8, 4) is 17.2 Å². The quantitative estimate of drug-likeness (QED) is 0.724. The van der Waals surface area contributed by atoms with Crippen molar-refractivity contribution in [2.24, 2.45) is 0 Å². The van der Waals surface area contributed by atoms with E-state index in [1.165, 1.54) is 0 Å². The van der Waals surface area contributed by atoms with Crippen LogP contribution in [0.3, 0.4) is 0 Å². The SMILES string of the molecule is CCC1CC(=O)c2cc(OC)c(OCCCOC)cc2O1. The van der Waals surface area contributed by atoms with Crippen molar-refractivity contribution in [1.82, 2.24) is 0 Å². The summed E-state index contributed by atoms with van der Waals surface area (Å²) in [6, 6.07) is 3.45. The maximum Gasteiger partial charge on any atom is 0.170 e. The third kappa shape index (κ3) is 3.67. The zero-order chi connectivity index (χ0) is 15.2. The van der Waals surface area contributed by atoms with Crippen LogP contribution in [-0.2, 0) is 4.74 Å². The van der Waals surface area contributed by atoms with Crippen LogP contribution in [0.15, 0.2) is 12.1 Å². The predicted octanol–water partition coefficient (Wildman–Crippen LogP) is 2.85. The zero-order valence-electron chi connectivity index (χ0n) is 12.8.